The molecule has 2 rings (SSSR count). The van der Waals surface area contributed by atoms with E-state index in [-0.39, 0.29) is 5.69 Å². The molecule has 0 amide bonds. The molecule has 0 spiro atoms. The average molecular weight is 249 g/mol. The van der Waals surface area contributed by atoms with Crippen LogP contribution in [0.25, 0.3) is 6.08 Å². The Labute approximate surface area is 103 Å². The van der Waals surface area contributed by atoms with Gasteiger partial charge in [0.15, 0.2) is 11.4 Å². The zero-order valence-corrected chi connectivity index (χ0v) is 9.88. The predicted molar refractivity (Wildman–Crippen MR) is 62.7 cm³/mol. The van der Waals surface area contributed by atoms with E-state index < -0.39 is 16.7 Å². The lowest BCUT2D eigenvalue weighted by molar-refractivity contribution is -0.384. The fourth-order valence-electron chi connectivity index (χ4n) is 1.54. The summed E-state index contributed by atoms with van der Waals surface area (Å²) >= 11 is 0. The Morgan fingerprint density at radius 1 is 1.28 bits per heavy atom. The van der Waals surface area contributed by atoms with Crippen LogP contribution in [-0.4, -0.2) is 16.7 Å². The van der Waals surface area contributed by atoms with E-state index in [1.165, 1.54) is 12.1 Å². The van der Waals surface area contributed by atoms with E-state index in [9.17, 15) is 14.9 Å². The molecule has 1 aromatic carbocycles. The molecule has 1 aliphatic rings. The Bertz CT molecular complexity index is 530. The smallest absolute Gasteiger partial charge is 0.420 e. The third kappa shape index (κ3) is 2.32. The second kappa shape index (κ2) is 4.14. The van der Waals surface area contributed by atoms with Gasteiger partial charge in [-0.2, -0.15) is 0 Å². The van der Waals surface area contributed by atoms with Crippen LogP contribution in [0, 0.1) is 10.1 Å². The SMILES string of the molecule is CC1(C)OC(=O)O/C1=C/c1ccc([N+](=O)[O-])cc1. The molecule has 0 aliphatic carbocycles. The number of cyclic esters (lactones) is 2. The van der Waals surface area contributed by atoms with Crippen molar-refractivity contribution < 1.29 is 19.2 Å². The summed E-state index contributed by atoms with van der Waals surface area (Å²) in [5.74, 6) is 0.376. The van der Waals surface area contributed by atoms with Crippen LogP contribution in [0.15, 0.2) is 30.0 Å². The van der Waals surface area contributed by atoms with E-state index in [1.807, 2.05) is 0 Å². The molecular formula is C12H11NO5. The lowest BCUT2D eigenvalue weighted by atomic mass is 10.0. The molecule has 6 nitrogen and oxygen atoms in total. The van der Waals surface area contributed by atoms with Crippen LogP contribution in [-0.2, 0) is 9.47 Å². The third-order valence-electron chi connectivity index (χ3n) is 2.53. The number of nitro benzene ring substituents is 1. The Morgan fingerprint density at radius 2 is 1.89 bits per heavy atom. The number of nitrogens with zero attached hydrogens (tertiary/aromatic N) is 1. The quantitative estimate of drug-likeness (QED) is 0.457. The molecule has 1 aromatic rings. The van der Waals surface area contributed by atoms with Gasteiger partial charge in [0.1, 0.15) is 0 Å². The van der Waals surface area contributed by atoms with Crippen molar-refractivity contribution in [2.75, 3.05) is 0 Å². The van der Waals surface area contributed by atoms with Gasteiger partial charge in [0.25, 0.3) is 5.69 Å². The lowest BCUT2D eigenvalue weighted by Crippen LogP contribution is -2.20. The maximum Gasteiger partial charge on any atom is 0.514 e. The topological polar surface area (TPSA) is 78.7 Å². The van der Waals surface area contributed by atoms with Crippen molar-refractivity contribution in [3.05, 3.63) is 45.7 Å². The van der Waals surface area contributed by atoms with Crippen LogP contribution in [0.4, 0.5) is 10.5 Å². The van der Waals surface area contributed by atoms with E-state index in [4.69, 9.17) is 9.47 Å². The van der Waals surface area contributed by atoms with Crippen molar-refractivity contribution >= 4 is 17.9 Å². The van der Waals surface area contributed by atoms with Crippen molar-refractivity contribution in [3.63, 3.8) is 0 Å². The van der Waals surface area contributed by atoms with Crippen LogP contribution in [0.2, 0.25) is 0 Å². The number of hydrogen-bond acceptors (Lipinski definition) is 5. The maximum absolute atomic E-state index is 11.0. The Kier molecular flexibility index (Phi) is 2.78. The monoisotopic (exact) mass is 249 g/mol. The van der Waals surface area contributed by atoms with Crippen LogP contribution in [0.5, 0.6) is 0 Å². The number of carbonyl (C=O) groups is 1. The standard InChI is InChI=1S/C12H11NO5/c1-12(2)10(17-11(14)18-12)7-8-3-5-9(6-4-8)13(15)16/h3-7H,1-2H3/b10-7+. The van der Waals surface area contributed by atoms with Crippen LogP contribution >= 0.6 is 0 Å². The molecule has 0 bridgehead atoms. The van der Waals surface area contributed by atoms with Crippen molar-refractivity contribution in [3.8, 4) is 0 Å². The van der Waals surface area contributed by atoms with Gasteiger partial charge < -0.3 is 9.47 Å². The molecule has 0 radical (unpaired) electrons. The number of benzene rings is 1. The van der Waals surface area contributed by atoms with Gasteiger partial charge in [-0.25, -0.2) is 4.79 Å². The van der Waals surface area contributed by atoms with Crippen molar-refractivity contribution in [1.29, 1.82) is 0 Å². The molecule has 1 heterocycles. The second-order valence-corrected chi connectivity index (χ2v) is 4.32. The van der Waals surface area contributed by atoms with Gasteiger partial charge in [-0.05, 0) is 37.6 Å². The molecule has 94 valence electrons. The Balaban J connectivity index is 2.28. The number of rotatable bonds is 2. The molecule has 0 unspecified atom stereocenters. The predicted octanol–water partition coefficient (Wildman–Crippen LogP) is 2.88. The molecule has 0 aromatic heterocycles. The first-order chi connectivity index (χ1) is 8.38. The van der Waals surface area contributed by atoms with Gasteiger partial charge in [0, 0.05) is 12.1 Å². The molecule has 18 heavy (non-hydrogen) atoms. The first-order valence-electron chi connectivity index (χ1n) is 5.26. The first kappa shape index (κ1) is 12.1. The van der Waals surface area contributed by atoms with E-state index >= 15 is 0 Å². The molecule has 6 heteroatoms. The van der Waals surface area contributed by atoms with Crippen molar-refractivity contribution in [2.45, 2.75) is 19.4 Å². The highest BCUT2D eigenvalue weighted by Gasteiger charge is 2.39. The van der Waals surface area contributed by atoms with Gasteiger partial charge >= 0.3 is 6.16 Å². The Hall–Kier alpha value is -2.37. The molecule has 0 atom stereocenters. The van der Waals surface area contributed by atoms with Crippen LogP contribution in [0.1, 0.15) is 19.4 Å². The van der Waals surface area contributed by atoms with Crippen LogP contribution < -0.4 is 0 Å². The molecule has 0 N–H and O–H groups in total. The minimum Gasteiger partial charge on any atom is -0.420 e. The largest absolute Gasteiger partial charge is 0.514 e. The molecular weight excluding hydrogens is 238 g/mol. The number of ether oxygens (including phenoxy) is 2. The summed E-state index contributed by atoms with van der Waals surface area (Å²) in [6, 6.07) is 5.93. The lowest BCUT2D eigenvalue weighted by Gasteiger charge is -2.13. The summed E-state index contributed by atoms with van der Waals surface area (Å²) in [4.78, 5) is 21.1. The van der Waals surface area contributed by atoms with Crippen molar-refractivity contribution in [1.82, 2.24) is 0 Å². The summed E-state index contributed by atoms with van der Waals surface area (Å²) in [5.41, 5.74) is -0.114. The summed E-state index contributed by atoms with van der Waals surface area (Å²) in [6.07, 6.45) is 0.877. The highest BCUT2D eigenvalue weighted by Crippen LogP contribution is 2.31. The molecule has 1 saturated heterocycles. The second-order valence-electron chi connectivity index (χ2n) is 4.32. The summed E-state index contributed by atoms with van der Waals surface area (Å²) in [5, 5.41) is 10.5. The number of non-ortho nitro benzene ring substituents is 1. The molecule has 0 saturated carbocycles. The number of nitro groups is 1. The normalized spacial score (nSPS) is 19.4. The zero-order valence-electron chi connectivity index (χ0n) is 9.88. The van der Waals surface area contributed by atoms with Gasteiger partial charge in [0.2, 0.25) is 0 Å². The van der Waals surface area contributed by atoms with Crippen molar-refractivity contribution in [2.24, 2.45) is 0 Å². The minimum atomic E-state index is -0.821. The average Bonchev–Trinajstić information content (AvgIpc) is 2.52. The highest BCUT2D eigenvalue weighted by atomic mass is 16.8. The Morgan fingerprint density at radius 3 is 2.33 bits per heavy atom. The maximum atomic E-state index is 11.0. The first-order valence-corrected chi connectivity index (χ1v) is 5.26. The van der Waals surface area contributed by atoms with Gasteiger partial charge in [0.05, 0.1) is 4.92 Å². The van der Waals surface area contributed by atoms with E-state index in [2.05, 4.69) is 0 Å². The van der Waals surface area contributed by atoms with E-state index in [1.54, 1.807) is 32.1 Å². The molecule has 1 fully saturated rings. The van der Waals surface area contributed by atoms with Gasteiger partial charge in [-0.15, -0.1) is 0 Å². The third-order valence-corrected chi connectivity index (χ3v) is 2.53. The van der Waals surface area contributed by atoms with Gasteiger partial charge in [-0.3, -0.25) is 10.1 Å². The fraction of sp³-hybridized carbons (Fsp3) is 0.250. The highest BCUT2D eigenvalue weighted by molar-refractivity contribution is 5.70. The zero-order chi connectivity index (χ0) is 13.3. The van der Waals surface area contributed by atoms with Gasteiger partial charge in [-0.1, -0.05) is 0 Å². The summed E-state index contributed by atoms with van der Waals surface area (Å²) in [6.45, 7) is 3.41. The van der Waals surface area contributed by atoms with E-state index in [0.29, 0.717) is 11.3 Å². The van der Waals surface area contributed by atoms with Crippen LogP contribution in [0.3, 0.4) is 0 Å². The summed E-state index contributed by atoms with van der Waals surface area (Å²) < 4.78 is 9.88. The fourth-order valence-corrected chi connectivity index (χ4v) is 1.54. The summed E-state index contributed by atoms with van der Waals surface area (Å²) in [7, 11) is 0. The molecule has 1 aliphatic heterocycles. The minimum absolute atomic E-state index is 0.0103. The number of carbonyl (C=O) groups excluding carboxylic acids is 1. The number of hydrogen-bond donors (Lipinski definition) is 0. The van der Waals surface area contributed by atoms with E-state index in [0.717, 1.165) is 0 Å².